The van der Waals surface area contributed by atoms with E-state index < -0.39 is 0 Å². The Bertz CT molecular complexity index is 541. The average molecular weight is 285 g/mol. The topological polar surface area (TPSA) is 76.0 Å². The van der Waals surface area contributed by atoms with Gasteiger partial charge in [-0.05, 0) is 5.92 Å². The van der Waals surface area contributed by atoms with E-state index in [9.17, 15) is 9.59 Å². The molecule has 7 heteroatoms. The van der Waals surface area contributed by atoms with Crippen LogP contribution in [0.1, 0.15) is 20.3 Å². The summed E-state index contributed by atoms with van der Waals surface area (Å²) in [6, 6.07) is -0.0489. The van der Waals surface area contributed by atoms with Crippen molar-refractivity contribution in [2.24, 2.45) is 5.92 Å². The van der Waals surface area contributed by atoms with Crippen LogP contribution in [0.2, 0.25) is 5.02 Å². The minimum atomic E-state index is -0.308. The molecule has 0 spiro atoms. The summed E-state index contributed by atoms with van der Waals surface area (Å²) in [6.45, 7) is 5.07. The molecule has 2 heterocycles. The molecule has 1 unspecified atom stereocenters. The fraction of sp³-hybridized carbons (Fsp3) is 0.583. The van der Waals surface area contributed by atoms with Gasteiger partial charge in [0, 0.05) is 19.5 Å². The number of anilines is 1. The summed E-state index contributed by atoms with van der Waals surface area (Å²) in [6.07, 6.45) is 1.92. The Morgan fingerprint density at radius 2 is 2.32 bits per heavy atom. The van der Waals surface area contributed by atoms with Crippen molar-refractivity contribution in [3.63, 3.8) is 0 Å². The summed E-state index contributed by atoms with van der Waals surface area (Å²) in [5, 5.41) is 10.00. The second-order valence-corrected chi connectivity index (χ2v) is 5.48. The smallest absolute Gasteiger partial charge is 0.287 e. The molecule has 1 atom stereocenters. The SMILES string of the molecule is CC(C)Cn1ncc(NC2CNC(=O)C2)c(Cl)c1=O. The second kappa shape index (κ2) is 5.61. The molecule has 19 heavy (non-hydrogen) atoms. The zero-order valence-corrected chi connectivity index (χ0v) is 11.7. The predicted molar refractivity (Wildman–Crippen MR) is 73.4 cm³/mol. The van der Waals surface area contributed by atoms with Crippen molar-refractivity contribution < 1.29 is 4.79 Å². The lowest BCUT2D eigenvalue weighted by Gasteiger charge is -2.14. The van der Waals surface area contributed by atoms with E-state index in [0.29, 0.717) is 31.1 Å². The van der Waals surface area contributed by atoms with Gasteiger partial charge < -0.3 is 10.6 Å². The highest BCUT2D eigenvalue weighted by Crippen LogP contribution is 2.18. The lowest BCUT2D eigenvalue weighted by molar-refractivity contribution is -0.119. The van der Waals surface area contributed by atoms with E-state index in [1.54, 1.807) is 0 Å². The van der Waals surface area contributed by atoms with E-state index in [1.165, 1.54) is 10.9 Å². The predicted octanol–water partition coefficient (Wildman–Crippen LogP) is 0.853. The largest absolute Gasteiger partial charge is 0.377 e. The Morgan fingerprint density at radius 1 is 1.58 bits per heavy atom. The molecule has 0 radical (unpaired) electrons. The van der Waals surface area contributed by atoms with Gasteiger partial charge in [0.25, 0.3) is 5.56 Å². The van der Waals surface area contributed by atoms with Gasteiger partial charge in [0.15, 0.2) is 0 Å². The summed E-state index contributed by atoms with van der Waals surface area (Å²) >= 11 is 6.06. The maximum Gasteiger partial charge on any atom is 0.287 e. The normalized spacial score (nSPS) is 18.7. The quantitative estimate of drug-likeness (QED) is 0.860. The van der Waals surface area contributed by atoms with E-state index in [-0.39, 0.29) is 22.5 Å². The van der Waals surface area contributed by atoms with Crippen molar-refractivity contribution in [3.8, 4) is 0 Å². The Labute approximate surface area is 116 Å². The van der Waals surface area contributed by atoms with Crippen LogP contribution >= 0.6 is 11.6 Å². The Hall–Kier alpha value is -1.56. The summed E-state index contributed by atoms with van der Waals surface area (Å²) in [4.78, 5) is 23.1. The first-order valence-electron chi connectivity index (χ1n) is 6.26. The molecule has 6 nitrogen and oxygen atoms in total. The Kier molecular flexibility index (Phi) is 4.09. The van der Waals surface area contributed by atoms with Gasteiger partial charge in [0.2, 0.25) is 5.91 Å². The van der Waals surface area contributed by atoms with Crippen LogP contribution in [0.15, 0.2) is 11.0 Å². The molecule has 1 amide bonds. The molecule has 0 aromatic carbocycles. The first-order chi connectivity index (χ1) is 8.97. The zero-order valence-electron chi connectivity index (χ0n) is 10.9. The summed E-state index contributed by atoms with van der Waals surface area (Å²) in [5.74, 6) is 0.312. The van der Waals surface area contributed by atoms with E-state index in [4.69, 9.17) is 11.6 Å². The van der Waals surface area contributed by atoms with Gasteiger partial charge in [0.1, 0.15) is 5.02 Å². The number of nitrogens with one attached hydrogen (secondary N) is 2. The van der Waals surface area contributed by atoms with Gasteiger partial charge >= 0.3 is 0 Å². The molecule has 0 aliphatic carbocycles. The minimum Gasteiger partial charge on any atom is -0.377 e. The van der Waals surface area contributed by atoms with Gasteiger partial charge in [-0.3, -0.25) is 9.59 Å². The summed E-state index contributed by atoms with van der Waals surface area (Å²) in [5.41, 5.74) is 0.172. The van der Waals surface area contributed by atoms with Crippen LogP contribution in [0.4, 0.5) is 5.69 Å². The molecule has 1 aliphatic heterocycles. The average Bonchev–Trinajstić information content (AvgIpc) is 2.74. The third-order valence-electron chi connectivity index (χ3n) is 2.86. The number of hydrogen-bond donors (Lipinski definition) is 2. The molecule has 1 saturated heterocycles. The van der Waals surface area contributed by atoms with E-state index in [0.717, 1.165) is 0 Å². The summed E-state index contributed by atoms with van der Waals surface area (Å²) in [7, 11) is 0. The van der Waals surface area contributed by atoms with Gasteiger partial charge in [0.05, 0.1) is 17.9 Å². The van der Waals surface area contributed by atoms with Gasteiger partial charge in [-0.2, -0.15) is 5.10 Å². The third-order valence-corrected chi connectivity index (χ3v) is 3.23. The highest BCUT2D eigenvalue weighted by Gasteiger charge is 2.22. The molecule has 0 bridgehead atoms. The fourth-order valence-corrected chi connectivity index (χ4v) is 2.17. The number of aromatic nitrogens is 2. The van der Waals surface area contributed by atoms with Gasteiger partial charge in [-0.25, -0.2) is 4.68 Å². The van der Waals surface area contributed by atoms with Crippen molar-refractivity contribution in [1.29, 1.82) is 0 Å². The molecular weight excluding hydrogens is 268 g/mol. The minimum absolute atomic E-state index is 0.00488. The monoisotopic (exact) mass is 284 g/mol. The van der Waals surface area contributed by atoms with E-state index >= 15 is 0 Å². The first kappa shape index (κ1) is 13.9. The molecule has 1 aliphatic rings. The standard InChI is InChI=1S/C12H17ClN4O2/c1-7(2)6-17-12(19)11(13)9(5-15-17)16-8-3-10(18)14-4-8/h5,7-8,16H,3-4,6H2,1-2H3,(H,14,18). The van der Waals surface area contributed by atoms with Crippen molar-refractivity contribution in [3.05, 3.63) is 21.6 Å². The van der Waals surface area contributed by atoms with Crippen LogP contribution in [0.3, 0.4) is 0 Å². The lowest BCUT2D eigenvalue weighted by Crippen LogP contribution is -2.28. The Balaban J connectivity index is 2.16. The van der Waals surface area contributed by atoms with Crippen LogP contribution in [0.25, 0.3) is 0 Å². The molecule has 1 aromatic rings. The highest BCUT2D eigenvalue weighted by atomic mass is 35.5. The number of carbonyl (C=O) groups excluding carboxylic acids is 1. The van der Waals surface area contributed by atoms with Gasteiger partial charge in [-0.15, -0.1) is 0 Å². The number of nitrogens with zero attached hydrogens (tertiary/aromatic N) is 2. The van der Waals surface area contributed by atoms with Crippen molar-refractivity contribution >= 4 is 23.2 Å². The van der Waals surface area contributed by atoms with E-state index in [2.05, 4.69) is 15.7 Å². The number of hydrogen-bond acceptors (Lipinski definition) is 4. The third kappa shape index (κ3) is 3.26. The lowest BCUT2D eigenvalue weighted by atomic mass is 10.2. The van der Waals surface area contributed by atoms with Crippen molar-refractivity contribution in [2.45, 2.75) is 32.9 Å². The molecular formula is C12H17ClN4O2. The second-order valence-electron chi connectivity index (χ2n) is 5.10. The maximum atomic E-state index is 12.0. The van der Waals surface area contributed by atoms with Crippen LogP contribution in [0.5, 0.6) is 0 Å². The maximum absolute atomic E-state index is 12.0. The summed E-state index contributed by atoms with van der Waals surface area (Å²) < 4.78 is 1.36. The number of carbonyl (C=O) groups is 1. The molecule has 104 valence electrons. The molecule has 2 N–H and O–H groups in total. The van der Waals surface area contributed by atoms with Crippen molar-refractivity contribution in [1.82, 2.24) is 15.1 Å². The van der Waals surface area contributed by atoms with Crippen LogP contribution < -0.4 is 16.2 Å². The van der Waals surface area contributed by atoms with Gasteiger partial charge in [-0.1, -0.05) is 25.4 Å². The fourth-order valence-electron chi connectivity index (χ4n) is 1.97. The van der Waals surface area contributed by atoms with Crippen LogP contribution in [0, 0.1) is 5.92 Å². The van der Waals surface area contributed by atoms with E-state index in [1.807, 2.05) is 13.8 Å². The molecule has 2 rings (SSSR count). The van der Waals surface area contributed by atoms with Crippen LogP contribution in [-0.2, 0) is 11.3 Å². The molecule has 1 aromatic heterocycles. The molecule has 0 saturated carbocycles. The number of halogens is 1. The van der Waals surface area contributed by atoms with Crippen LogP contribution in [-0.4, -0.2) is 28.3 Å². The van der Waals surface area contributed by atoms with Crippen molar-refractivity contribution in [2.75, 3.05) is 11.9 Å². The highest BCUT2D eigenvalue weighted by molar-refractivity contribution is 6.32. The zero-order chi connectivity index (χ0) is 14.0. The number of amides is 1. The first-order valence-corrected chi connectivity index (χ1v) is 6.64. The molecule has 1 fully saturated rings. The Morgan fingerprint density at radius 3 is 2.89 bits per heavy atom. The number of rotatable bonds is 4.